The lowest BCUT2D eigenvalue weighted by molar-refractivity contribution is 0.662. The van der Waals surface area contributed by atoms with Crippen molar-refractivity contribution in [2.75, 3.05) is 4.90 Å². The molecule has 0 fully saturated rings. The maximum Gasteiger partial charge on any atom is 0.145 e. The molecule has 280 valence electrons. The zero-order valence-corrected chi connectivity index (χ0v) is 33.1. The Bertz CT molecular complexity index is 3170. The predicted octanol–water partition coefficient (Wildman–Crippen LogP) is 16.0. The van der Waals surface area contributed by atoms with E-state index in [9.17, 15) is 0 Å². The van der Waals surface area contributed by atoms with Gasteiger partial charge in [-0.05, 0) is 104 Å². The molecule has 0 unspecified atom stereocenters. The number of para-hydroxylation sites is 1. The highest BCUT2D eigenvalue weighted by molar-refractivity contribution is 6.17. The Kier molecular flexibility index (Phi) is 8.20. The Hall–Kier alpha value is -7.42. The molecule has 0 saturated heterocycles. The highest BCUT2D eigenvalue weighted by atomic mass is 16.3. The molecular weight excluding hydrogens is 715 g/mol. The second-order valence-corrected chi connectivity index (χ2v) is 16.1. The molecule has 1 aliphatic rings. The number of benzene rings is 9. The maximum atomic E-state index is 6.81. The van der Waals surface area contributed by atoms with E-state index in [-0.39, 0.29) is 5.41 Å². The summed E-state index contributed by atoms with van der Waals surface area (Å²) in [6.07, 6.45) is 0. The van der Waals surface area contributed by atoms with Crippen molar-refractivity contribution >= 4 is 39.0 Å². The molecular formula is C57H41NO. The van der Waals surface area contributed by atoms with Crippen molar-refractivity contribution in [3.8, 4) is 55.6 Å². The van der Waals surface area contributed by atoms with Crippen LogP contribution in [0, 0.1) is 0 Å². The molecule has 59 heavy (non-hydrogen) atoms. The lowest BCUT2D eigenvalue weighted by atomic mass is 9.79. The SMILES string of the molecule is CC1(C)c2ccccc2-c2cccc(-c3cccc(N(c4cccc(-c5ccc(-c6ccccc6)cc5)c4)c4ccc(-c5ccccc5)c5oc6ccccc6c45)c3)c21. The van der Waals surface area contributed by atoms with E-state index >= 15 is 0 Å². The minimum Gasteiger partial charge on any atom is -0.455 e. The van der Waals surface area contributed by atoms with Crippen molar-refractivity contribution < 1.29 is 4.42 Å². The summed E-state index contributed by atoms with van der Waals surface area (Å²) in [4.78, 5) is 2.42. The lowest BCUT2D eigenvalue weighted by Gasteiger charge is -2.28. The summed E-state index contributed by atoms with van der Waals surface area (Å²) in [5.41, 5.74) is 19.6. The van der Waals surface area contributed by atoms with Gasteiger partial charge >= 0.3 is 0 Å². The third kappa shape index (κ3) is 5.79. The monoisotopic (exact) mass is 755 g/mol. The molecule has 0 bridgehead atoms. The van der Waals surface area contributed by atoms with Gasteiger partial charge in [-0.15, -0.1) is 0 Å². The van der Waals surface area contributed by atoms with Gasteiger partial charge in [-0.2, -0.15) is 0 Å². The molecule has 9 aromatic carbocycles. The van der Waals surface area contributed by atoms with Crippen molar-refractivity contribution in [3.63, 3.8) is 0 Å². The summed E-state index contributed by atoms with van der Waals surface area (Å²) in [5, 5.41) is 2.17. The average Bonchev–Trinajstić information content (AvgIpc) is 3.80. The van der Waals surface area contributed by atoms with Crippen LogP contribution in [0.25, 0.3) is 77.6 Å². The number of hydrogen-bond acceptors (Lipinski definition) is 2. The Morgan fingerprint density at radius 3 is 1.69 bits per heavy atom. The first-order valence-corrected chi connectivity index (χ1v) is 20.4. The third-order valence-electron chi connectivity index (χ3n) is 12.3. The van der Waals surface area contributed by atoms with E-state index in [1.807, 2.05) is 0 Å². The summed E-state index contributed by atoms with van der Waals surface area (Å²) in [5.74, 6) is 0. The molecule has 1 heterocycles. The number of hydrogen-bond donors (Lipinski definition) is 0. The van der Waals surface area contributed by atoms with E-state index in [0.29, 0.717) is 0 Å². The Morgan fingerprint density at radius 2 is 0.932 bits per heavy atom. The first-order valence-electron chi connectivity index (χ1n) is 20.4. The Balaban J connectivity index is 1.12. The van der Waals surface area contributed by atoms with E-state index in [0.717, 1.165) is 55.7 Å². The van der Waals surface area contributed by atoms with E-state index in [4.69, 9.17) is 4.42 Å². The van der Waals surface area contributed by atoms with Crippen LogP contribution in [0.4, 0.5) is 17.1 Å². The molecule has 2 heteroatoms. The van der Waals surface area contributed by atoms with Gasteiger partial charge in [0.1, 0.15) is 11.2 Å². The molecule has 0 atom stereocenters. The molecule has 11 rings (SSSR count). The second kappa shape index (κ2) is 13.9. The molecule has 2 nitrogen and oxygen atoms in total. The van der Waals surface area contributed by atoms with Gasteiger partial charge in [0.15, 0.2) is 0 Å². The van der Waals surface area contributed by atoms with E-state index in [1.54, 1.807) is 0 Å². The quantitative estimate of drug-likeness (QED) is 0.161. The largest absolute Gasteiger partial charge is 0.455 e. The predicted molar refractivity (Wildman–Crippen MR) is 248 cm³/mol. The summed E-state index contributed by atoms with van der Waals surface area (Å²) >= 11 is 0. The fourth-order valence-electron chi connectivity index (χ4n) is 9.48. The van der Waals surface area contributed by atoms with Gasteiger partial charge in [-0.25, -0.2) is 0 Å². The zero-order chi connectivity index (χ0) is 39.5. The standard InChI is InChI=1S/C57H41NO/c1-57(2)51-28-11-9-24-48(51)49-27-15-26-46(55(49)57)43-21-14-23-45(37-43)58(44-22-13-20-42(36-44)40-32-30-39(31-33-40)38-16-5-3-6-17-38)52-35-34-47(41-18-7-4-8-19-41)56-54(52)50-25-10-12-29-53(50)59-56/h3-37H,1-2H3. The van der Waals surface area contributed by atoms with Crippen LogP contribution in [-0.4, -0.2) is 0 Å². The Labute approximate surface area is 345 Å². The fourth-order valence-corrected chi connectivity index (χ4v) is 9.48. The molecule has 0 saturated carbocycles. The van der Waals surface area contributed by atoms with Crippen LogP contribution in [0.1, 0.15) is 25.0 Å². The number of furan rings is 1. The number of nitrogens with zero attached hydrogens (tertiary/aromatic N) is 1. The average molecular weight is 756 g/mol. The molecule has 0 spiro atoms. The zero-order valence-electron chi connectivity index (χ0n) is 33.1. The van der Waals surface area contributed by atoms with Crippen molar-refractivity contribution in [1.82, 2.24) is 0 Å². The number of anilines is 3. The van der Waals surface area contributed by atoms with Gasteiger partial charge in [0.05, 0.1) is 11.1 Å². The molecule has 10 aromatic rings. The first-order chi connectivity index (χ1) is 29.0. The van der Waals surface area contributed by atoms with Crippen molar-refractivity contribution in [2.45, 2.75) is 19.3 Å². The fraction of sp³-hybridized carbons (Fsp3) is 0.0526. The van der Waals surface area contributed by atoms with Crippen LogP contribution in [0.15, 0.2) is 217 Å². The van der Waals surface area contributed by atoms with E-state index in [2.05, 4.69) is 231 Å². The van der Waals surface area contributed by atoms with Crippen molar-refractivity contribution in [3.05, 3.63) is 223 Å². The smallest absolute Gasteiger partial charge is 0.145 e. The molecule has 0 amide bonds. The van der Waals surface area contributed by atoms with Gasteiger partial charge in [0.25, 0.3) is 0 Å². The van der Waals surface area contributed by atoms with E-state index < -0.39 is 0 Å². The topological polar surface area (TPSA) is 16.4 Å². The van der Waals surface area contributed by atoms with Gasteiger partial charge in [0.2, 0.25) is 0 Å². The van der Waals surface area contributed by atoms with Crippen LogP contribution in [-0.2, 0) is 5.41 Å². The molecule has 0 N–H and O–H groups in total. The normalized spacial score (nSPS) is 12.7. The van der Waals surface area contributed by atoms with E-state index in [1.165, 1.54) is 50.1 Å². The molecule has 0 radical (unpaired) electrons. The van der Waals surface area contributed by atoms with Gasteiger partial charge in [-0.1, -0.05) is 184 Å². The minimum atomic E-state index is -0.141. The van der Waals surface area contributed by atoms with Crippen LogP contribution in [0.3, 0.4) is 0 Å². The van der Waals surface area contributed by atoms with Gasteiger partial charge < -0.3 is 9.32 Å². The van der Waals surface area contributed by atoms with Crippen LogP contribution in [0.5, 0.6) is 0 Å². The van der Waals surface area contributed by atoms with Gasteiger partial charge in [0, 0.05) is 27.7 Å². The van der Waals surface area contributed by atoms with Crippen LogP contribution in [0.2, 0.25) is 0 Å². The summed E-state index contributed by atoms with van der Waals surface area (Å²) in [7, 11) is 0. The maximum absolute atomic E-state index is 6.81. The van der Waals surface area contributed by atoms with Gasteiger partial charge in [-0.3, -0.25) is 0 Å². The minimum absolute atomic E-state index is 0.141. The summed E-state index contributed by atoms with van der Waals surface area (Å²) in [6.45, 7) is 4.73. The van der Waals surface area contributed by atoms with Crippen molar-refractivity contribution in [1.29, 1.82) is 0 Å². The second-order valence-electron chi connectivity index (χ2n) is 16.1. The molecule has 1 aliphatic carbocycles. The lowest BCUT2D eigenvalue weighted by Crippen LogP contribution is -2.16. The summed E-state index contributed by atoms with van der Waals surface area (Å²) in [6, 6.07) is 76.7. The van der Waals surface area contributed by atoms with Crippen LogP contribution >= 0.6 is 0 Å². The Morgan fingerprint density at radius 1 is 0.390 bits per heavy atom. The highest BCUT2D eigenvalue weighted by Gasteiger charge is 2.37. The van der Waals surface area contributed by atoms with Crippen LogP contribution < -0.4 is 4.90 Å². The summed E-state index contributed by atoms with van der Waals surface area (Å²) < 4.78 is 6.81. The highest BCUT2D eigenvalue weighted by Crippen LogP contribution is 2.53. The molecule has 0 aliphatic heterocycles. The van der Waals surface area contributed by atoms with Crippen molar-refractivity contribution in [2.24, 2.45) is 0 Å². The molecule has 1 aromatic heterocycles. The third-order valence-corrected chi connectivity index (χ3v) is 12.3. The number of fused-ring (bicyclic) bond motifs is 6. The first kappa shape index (κ1) is 34.8. The number of rotatable bonds is 7.